The van der Waals surface area contributed by atoms with Crippen LogP contribution in [-0.4, -0.2) is 19.5 Å². The van der Waals surface area contributed by atoms with Gasteiger partial charge in [-0.25, -0.2) is 0 Å². The van der Waals surface area contributed by atoms with Crippen LogP contribution >= 0.6 is 0 Å². The summed E-state index contributed by atoms with van der Waals surface area (Å²) < 4.78 is 11.0. The number of hydrogen-bond acceptors (Lipinski definition) is 3. The van der Waals surface area contributed by atoms with Gasteiger partial charge in [-0.1, -0.05) is 0 Å². The van der Waals surface area contributed by atoms with Crippen molar-refractivity contribution in [2.24, 2.45) is 0 Å². The lowest BCUT2D eigenvalue weighted by Gasteiger charge is -2.08. The number of allylic oxidation sites excluding steroid dienone is 1. The highest BCUT2D eigenvalue weighted by atomic mass is 16.5. The zero-order chi connectivity index (χ0) is 12.4. The third kappa shape index (κ3) is 2.33. The summed E-state index contributed by atoms with van der Waals surface area (Å²) in [6.07, 6.45) is 3.75. The van der Waals surface area contributed by atoms with Gasteiger partial charge in [0.25, 0.3) is 0 Å². The molecule has 17 heavy (non-hydrogen) atoms. The number of benzene rings is 1. The lowest BCUT2D eigenvalue weighted by Crippen LogP contribution is -2.05. The minimum Gasteiger partial charge on any atom is -0.496 e. The molecule has 3 heteroatoms. The minimum atomic E-state index is 0.209. The molecule has 0 aromatic heterocycles. The van der Waals surface area contributed by atoms with Gasteiger partial charge in [0.1, 0.15) is 23.9 Å². The number of ether oxygens (including phenoxy) is 2. The van der Waals surface area contributed by atoms with Crippen molar-refractivity contribution in [1.82, 2.24) is 0 Å². The molecule has 0 radical (unpaired) electrons. The van der Waals surface area contributed by atoms with Crippen LogP contribution in [-0.2, 0) is 11.2 Å². The number of carbonyl (C=O) groups excluding carboxylic acids is 1. The first-order chi connectivity index (χ1) is 8.13. The van der Waals surface area contributed by atoms with Gasteiger partial charge in [-0.05, 0) is 37.6 Å². The lowest BCUT2D eigenvalue weighted by molar-refractivity contribution is -0.104. The Labute approximate surface area is 101 Å². The molecule has 1 aromatic carbocycles. The molecule has 1 atom stereocenters. The summed E-state index contributed by atoms with van der Waals surface area (Å²) in [5.74, 6) is 1.67. The van der Waals surface area contributed by atoms with E-state index in [1.54, 1.807) is 20.1 Å². The molecule has 1 aliphatic rings. The minimum absolute atomic E-state index is 0.209. The predicted molar refractivity (Wildman–Crippen MR) is 66.5 cm³/mol. The monoisotopic (exact) mass is 232 g/mol. The van der Waals surface area contributed by atoms with E-state index in [0.29, 0.717) is 5.57 Å². The van der Waals surface area contributed by atoms with E-state index < -0.39 is 0 Å². The molecule has 0 saturated heterocycles. The highest BCUT2D eigenvalue weighted by Crippen LogP contribution is 2.35. The SMILES string of the molecule is COc1cc2c(cc1/C=C(/C)C=O)OC(C)C2. The molecule has 0 aliphatic carbocycles. The van der Waals surface area contributed by atoms with E-state index in [4.69, 9.17) is 9.47 Å². The second-order valence-electron chi connectivity index (χ2n) is 4.34. The second-order valence-corrected chi connectivity index (χ2v) is 4.34. The summed E-state index contributed by atoms with van der Waals surface area (Å²) in [6, 6.07) is 3.92. The molecule has 0 N–H and O–H groups in total. The van der Waals surface area contributed by atoms with Crippen molar-refractivity contribution in [2.45, 2.75) is 26.4 Å². The van der Waals surface area contributed by atoms with E-state index in [2.05, 4.69) is 0 Å². The van der Waals surface area contributed by atoms with Crippen molar-refractivity contribution >= 4 is 12.4 Å². The zero-order valence-corrected chi connectivity index (χ0v) is 10.3. The highest BCUT2D eigenvalue weighted by molar-refractivity contribution is 5.82. The molecule has 0 spiro atoms. The number of rotatable bonds is 3. The van der Waals surface area contributed by atoms with Crippen molar-refractivity contribution in [3.05, 3.63) is 28.8 Å². The first-order valence-electron chi connectivity index (χ1n) is 5.65. The molecular weight excluding hydrogens is 216 g/mol. The van der Waals surface area contributed by atoms with Crippen molar-refractivity contribution < 1.29 is 14.3 Å². The summed E-state index contributed by atoms with van der Waals surface area (Å²) in [5.41, 5.74) is 2.70. The van der Waals surface area contributed by atoms with Gasteiger partial charge >= 0.3 is 0 Å². The Kier molecular flexibility index (Phi) is 3.18. The maximum absolute atomic E-state index is 10.7. The lowest BCUT2D eigenvalue weighted by atomic mass is 10.0. The van der Waals surface area contributed by atoms with E-state index in [-0.39, 0.29) is 6.10 Å². The summed E-state index contributed by atoms with van der Waals surface area (Å²) in [4.78, 5) is 10.7. The molecule has 0 fully saturated rings. The average molecular weight is 232 g/mol. The van der Waals surface area contributed by atoms with Crippen LogP contribution in [0.2, 0.25) is 0 Å². The Balaban J connectivity index is 2.46. The average Bonchev–Trinajstić information content (AvgIpc) is 2.67. The molecule has 0 saturated carbocycles. The molecule has 0 bridgehead atoms. The fourth-order valence-corrected chi connectivity index (χ4v) is 2.02. The summed E-state index contributed by atoms with van der Waals surface area (Å²) in [7, 11) is 1.63. The van der Waals surface area contributed by atoms with Gasteiger partial charge in [0.2, 0.25) is 0 Å². The van der Waals surface area contributed by atoms with E-state index in [1.165, 1.54) is 0 Å². The maximum atomic E-state index is 10.7. The quantitative estimate of drug-likeness (QED) is 0.593. The van der Waals surface area contributed by atoms with E-state index >= 15 is 0 Å². The van der Waals surface area contributed by atoms with Crippen molar-refractivity contribution in [3.8, 4) is 11.5 Å². The largest absolute Gasteiger partial charge is 0.496 e. The van der Waals surface area contributed by atoms with Crippen LogP contribution in [0.5, 0.6) is 11.5 Å². The molecule has 1 aromatic rings. The molecular formula is C14H16O3. The van der Waals surface area contributed by atoms with Crippen molar-refractivity contribution in [1.29, 1.82) is 0 Å². The molecule has 1 heterocycles. The normalized spacial score (nSPS) is 18.5. The molecule has 2 rings (SSSR count). The molecule has 1 aliphatic heterocycles. The van der Waals surface area contributed by atoms with E-state index in [1.807, 2.05) is 19.1 Å². The summed E-state index contributed by atoms with van der Waals surface area (Å²) in [6.45, 7) is 3.81. The van der Waals surface area contributed by atoms with Gasteiger partial charge in [-0.2, -0.15) is 0 Å². The van der Waals surface area contributed by atoms with Crippen molar-refractivity contribution in [3.63, 3.8) is 0 Å². The fraction of sp³-hybridized carbons (Fsp3) is 0.357. The number of carbonyl (C=O) groups is 1. The Morgan fingerprint density at radius 1 is 1.53 bits per heavy atom. The van der Waals surface area contributed by atoms with Gasteiger partial charge < -0.3 is 9.47 Å². The Hall–Kier alpha value is -1.77. The van der Waals surface area contributed by atoms with Gasteiger partial charge in [0.15, 0.2) is 0 Å². The van der Waals surface area contributed by atoms with Crippen LogP contribution in [0.15, 0.2) is 17.7 Å². The first kappa shape index (κ1) is 11.7. The van der Waals surface area contributed by atoms with Crippen LogP contribution in [0.3, 0.4) is 0 Å². The van der Waals surface area contributed by atoms with Crippen LogP contribution in [0.1, 0.15) is 25.0 Å². The standard InChI is InChI=1S/C14H16O3/c1-9(8-15)4-11-7-14-12(5-10(2)17-14)6-13(11)16-3/h4,6-8,10H,5H2,1-3H3/b9-4-. The van der Waals surface area contributed by atoms with Crippen LogP contribution < -0.4 is 9.47 Å². The number of hydrogen-bond donors (Lipinski definition) is 0. The third-order valence-corrected chi connectivity index (χ3v) is 2.82. The van der Waals surface area contributed by atoms with Crippen LogP contribution in [0, 0.1) is 0 Å². The second kappa shape index (κ2) is 4.62. The highest BCUT2D eigenvalue weighted by Gasteiger charge is 2.21. The molecule has 3 nitrogen and oxygen atoms in total. The topological polar surface area (TPSA) is 35.5 Å². The number of aldehydes is 1. The number of methoxy groups -OCH3 is 1. The van der Waals surface area contributed by atoms with Crippen LogP contribution in [0.4, 0.5) is 0 Å². The van der Waals surface area contributed by atoms with Crippen LogP contribution in [0.25, 0.3) is 6.08 Å². The zero-order valence-electron chi connectivity index (χ0n) is 10.3. The summed E-state index contributed by atoms with van der Waals surface area (Å²) >= 11 is 0. The Morgan fingerprint density at radius 2 is 2.29 bits per heavy atom. The Morgan fingerprint density at radius 3 is 2.94 bits per heavy atom. The first-order valence-corrected chi connectivity index (χ1v) is 5.65. The van der Waals surface area contributed by atoms with Gasteiger partial charge in [-0.15, -0.1) is 0 Å². The predicted octanol–water partition coefficient (Wildman–Crippen LogP) is 2.62. The van der Waals surface area contributed by atoms with E-state index in [0.717, 1.165) is 35.3 Å². The van der Waals surface area contributed by atoms with Gasteiger partial charge in [0.05, 0.1) is 7.11 Å². The van der Waals surface area contributed by atoms with Gasteiger partial charge in [-0.3, -0.25) is 4.79 Å². The smallest absolute Gasteiger partial charge is 0.145 e. The molecule has 1 unspecified atom stereocenters. The van der Waals surface area contributed by atoms with E-state index in [9.17, 15) is 4.79 Å². The van der Waals surface area contributed by atoms with Gasteiger partial charge in [0, 0.05) is 17.5 Å². The maximum Gasteiger partial charge on any atom is 0.145 e. The fourth-order valence-electron chi connectivity index (χ4n) is 2.02. The summed E-state index contributed by atoms with van der Waals surface area (Å²) in [5, 5.41) is 0. The van der Waals surface area contributed by atoms with Crippen molar-refractivity contribution in [2.75, 3.05) is 7.11 Å². The Bertz CT molecular complexity index is 475. The third-order valence-electron chi connectivity index (χ3n) is 2.82. The molecule has 0 amide bonds. The molecule has 90 valence electrons. The number of fused-ring (bicyclic) bond motifs is 1.